The second-order valence-electron chi connectivity index (χ2n) is 6.33. The lowest BCUT2D eigenvalue weighted by Crippen LogP contribution is -2.23. The summed E-state index contributed by atoms with van der Waals surface area (Å²) in [5.41, 5.74) is 1.54. The van der Waals surface area contributed by atoms with Gasteiger partial charge >= 0.3 is 0 Å². The number of thiophene rings is 1. The number of amides is 1. The van der Waals surface area contributed by atoms with E-state index in [1.165, 1.54) is 11.3 Å². The summed E-state index contributed by atoms with van der Waals surface area (Å²) < 4.78 is 2.63. The molecule has 3 rings (SSSR count). The Morgan fingerprint density at radius 1 is 1.31 bits per heavy atom. The summed E-state index contributed by atoms with van der Waals surface area (Å²) in [7, 11) is 1.97. The van der Waals surface area contributed by atoms with Gasteiger partial charge in [0.25, 0.3) is 5.91 Å². The normalized spacial score (nSPS) is 11.0. The van der Waals surface area contributed by atoms with Gasteiger partial charge in [0.2, 0.25) is 0 Å². The van der Waals surface area contributed by atoms with Crippen LogP contribution in [0.25, 0.3) is 10.2 Å². The summed E-state index contributed by atoms with van der Waals surface area (Å²) in [5.74, 6) is -0.149. The predicted octanol–water partition coefficient (Wildman–Crippen LogP) is 5.90. The largest absolute Gasteiger partial charge is 0.348 e. The van der Waals surface area contributed by atoms with Gasteiger partial charge in [-0.15, -0.1) is 11.3 Å². The Morgan fingerprint density at radius 2 is 2.04 bits per heavy atom. The van der Waals surface area contributed by atoms with Crippen molar-refractivity contribution in [2.24, 2.45) is 7.05 Å². The van der Waals surface area contributed by atoms with Crippen molar-refractivity contribution < 1.29 is 4.79 Å². The number of nitrogens with one attached hydrogen (secondary N) is 1. The van der Waals surface area contributed by atoms with Crippen molar-refractivity contribution in [3.63, 3.8) is 0 Å². The van der Waals surface area contributed by atoms with Gasteiger partial charge in [0.15, 0.2) is 0 Å². The van der Waals surface area contributed by atoms with Gasteiger partial charge in [-0.25, -0.2) is 0 Å². The van der Waals surface area contributed by atoms with E-state index in [0.29, 0.717) is 21.6 Å². The van der Waals surface area contributed by atoms with Crippen LogP contribution in [-0.4, -0.2) is 10.5 Å². The van der Waals surface area contributed by atoms with E-state index in [4.69, 9.17) is 23.8 Å². The molecule has 0 aliphatic heterocycles. The number of unbranched alkanes of at least 4 members (excludes halogenated alkanes) is 1. The van der Waals surface area contributed by atoms with Crippen LogP contribution in [0.4, 0.5) is 0 Å². The third kappa shape index (κ3) is 4.17. The van der Waals surface area contributed by atoms with Gasteiger partial charge in [-0.05, 0) is 36.6 Å². The Morgan fingerprint density at radius 3 is 2.73 bits per heavy atom. The second kappa shape index (κ2) is 8.33. The molecule has 1 aromatic carbocycles. The Kier molecular flexibility index (Phi) is 6.12. The average molecular weight is 405 g/mol. The maximum Gasteiger partial charge on any atom is 0.254 e. The van der Waals surface area contributed by atoms with Gasteiger partial charge in [0.05, 0.1) is 10.1 Å². The van der Waals surface area contributed by atoms with E-state index in [2.05, 4.69) is 18.3 Å². The van der Waals surface area contributed by atoms with E-state index in [1.54, 1.807) is 11.3 Å². The van der Waals surface area contributed by atoms with Crippen molar-refractivity contribution in [1.82, 2.24) is 9.88 Å². The van der Waals surface area contributed by atoms with Gasteiger partial charge in [0, 0.05) is 35.1 Å². The fourth-order valence-corrected chi connectivity index (χ4v) is 4.46. The quantitative estimate of drug-likeness (QED) is 0.519. The number of hydrogen-bond donors (Lipinski definition) is 1. The number of halogens is 1. The lowest BCUT2D eigenvalue weighted by molar-refractivity contribution is 0.0950. The third-order valence-corrected chi connectivity index (χ3v) is 6.26. The fraction of sp³-hybridized carbons (Fsp3) is 0.300. The lowest BCUT2D eigenvalue weighted by Gasteiger charge is -2.09. The summed E-state index contributed by atoms with van der Waals surface area (Å²) in [6.07, 6.45) is 5.22. The standard InChI is InChI=1S/C20H21ClN2OS2/c1-3-4-5-15-10-16-18(25)17(12-23(2)20(16)26-15)19(24)22-11-13-6-8-14(21)9-7-13/h6-10,12H,3-5,11H2,1-2H3,(H,22,24). The molecule has 0 spiro atoms. The van der Waals surface area contributed by atoms with Gasteiger partial charge in [0.1, 0.15) is 4.83 Å². The number of pyridine rings is 1. The minimum absolute atomic E-state index is 0.149. The zero-order chi connectivity index (χ0) is 18.7. The second-order valence-corrected chi connectivity index (χ2v) is 8.29. The van der Waals surface area contributed by atoms with E-state index in [1.807, 2.05) is 42.1 Å². The predicted molar refractivity (Wildman–Crippen MR) is 113 cm³/mol. The molecule has 0 atom stereocenters. The summed E-state index contributed by atoms with van der Waals surface area (Å²) >= 11 is 13.3. The van der Waals surface area contributed by atoms with Crippen molar-refractivity contribution in [2.75, 3.05) is 0 Å². The molecule has 136 valence electrons. The van der Waals surface area contributed by atoms with Gasteiger partial charge < -0.3 is 9.88 Å². The molecule has 2 heterocycles. The number of aromatic nitrogens is 1. The number of carbonyl (C=O) groups is 1. The SMILES string of the molecule is CCCCc1cc2c(=S)c(C(=O)NCc3ccc(Cl)cc3)cn(C)c2s1. The maximum absolute atomic E-state index is 12.7. The minimum atomic E-state index is -0.149. The number of carbonyl (C=O) groups excluding carboxylic acids is 1. The molecule has 2 aromatic heterocycles. The molecule has 0 unspecified atom stereocenters. The summed E-state index contributed by atoms with van der Waals surface area (Å²) in [4.78, 5) is 15.1. The molecule has 0 saturated carbocycles. The van der Waals surface area contributed by atoms with Gasteiger partial charge in [-0.1, -0.05) is 49.3 Å². The number of benzene rings is 1. The highest BCUT2D eigenvalue weighted by molar-refractivity contribution is 7.71. The zero-order valence-electron chi connectivity index (χ0n) is 14.8. The first-order chi connectivity index (χ1) is 12.5. The van der Waals surface area contributed by atoms with Crippen molar-refractivity contribution in [1.29, 1.82) is 0 Å². The number of aryl methyl sites for hydroxylation is 2. The smallest absolute Gasteiger partial charge is 0.254 e. The summed E-state index contributed by atoms with van der Waals surface area (Å²) in [5, 5.41) is 4.63. The molecule has 6 heteroatoms. The van der Waals surface area contributed by atoms with Crippen molar-refractivity contribution in [3.8, 4) is 0 Å². The highest BCUT2D eigenvalue weighted by atomic mass is 35.5. The fourth-order valence-electron chi connectivity index (χ4n) is 2.83. The van der Waals surface area contributed by atoms with Crippen LogP contribution >= 0.6 is 35.2 Å². The average Bonchev–Trinajstić information content (AvgIpc) is 3.07. The lowest BCUT2D eigenvalue weighted by atomic mass is 10.1. The Balaban J connectivity index is 1.84. The highest BCUT2D eigenvalue weighted by Crippen LogP contribution is 2.29. The van der Waals surface area contributed by atoms with Crippen molar-refractivity contribution in [2.45, 2.75) is 32.7 Å². The molecule has 0 fully saturated rings. The molecular weight excluding hydrogens is 384 g/mol. The molecular formula is C20H21ClN2OS2. The first-order valence-corrected chi connectivity index (χ1v) is 10.2. The van der Waals surface area contributed by atoms with Crippen LogP contribution in [0, 0.1) is 4.51 Å². The molecule has 1 amide bonds. The minimum Gasteiger partial charge on any atom is -0.348 e. The Bertz CT molecular complexity index is 989. The molecule has 0 aliphatic rings. The molecule has 26 heavy (non-hydrogen) atoms. The molecule has 0 bridgehead atoms. The number of hydrogen-bond acceptors (Lipinski definition) is 3. The Hall–Kier alpha value is -1.69. The van der Waals surface area contributed by atoms with E-state index < -0.39 is 0 Å². The van der Waals surface area contributed by atoms with E-state index in [9.17, 15) is 4.79 Å². The monoisotopic (exact) mass is 404 g/mol. The summed E-state index contributed by atoms with van der Waals surface area (Å²) in [6.45, 7) is 2.63. The molecule has 0 saturated heterocycles. The van der Waals surface area contributed by atoms with Crippen molar-refractivity contribution in [3.05, 3.63) is 62.1 Å². The Labute approximate surface area is 167 Å². The van der Waals surface area contributed by atoms with Crippen LogP contribution in [0.3, 0.4) is 0 Å². The molecule has 3 aromatic rings. The molecule has 0 aliphatic carbocycles. The number of fused-ring (bicyclic) bond motifs is 1. The highest BCUT2D eigenvalue weighted by Gasteiger charge is 2.14. The van der Waals surface area contributed by atoms with Crippen LogP contribution in [0.5, 0.6) is 0 Å². The number of nitrogens with zero attached hydrogens (tertiary/aromatic N) is 1. The topological polar surface area (TPSA) is 34.0 Å². The van der Waals surface area contributed by atoms with Crippen LogP contribution in [0.1, 0.15) is 40.6 Å². The zero-order valence-corrected chi connectivity index (χ0v) is 17.2. The van der Waals surface area contributed by atoms with E-state index >= 15 is 0 Å². The first-order valence-electron chi connectivity index (χ1n) is 8.64. The first kappa shape index (κ1) is 19.1. The van der Waals surface area contributed by atoms with Crippen LogP contribution in [0.15, 0.2) is 36.5 Å². The van der Waals surface area contributed by atoms with Crippen molar-refractivity contribution >= 4 is 51.3 Å². The third-order valence-electron chi connectivity index (χ3n) is 4.28. The van der Waals surface area contributed by atoms with E-state index in [-0.39, 0.29) is 5.91 Å². The summed E-state index contributed by atoms with van der Waals surface area (Å²) in [6, 6.07) is 9.58. The molecule has 1 N–H and O–H groups in total. The maximum atomic E-state index is 12.7. The number of rotatable bonds is 6. The van der Waals surface area contributed by atoms with Crippen LogP contribution < -0.4 is 5.32 Å². The van der Waals surface area contributed by atoms with Gasteiger partial charge in [-0.3, -0.25) is 4.79 Å². The van der Waals surface area contributed by atoms with Crippen LogP contribution in [0.2, 0.25) is 5.02 Å². The van der Waals surface area contributed by atoms with Crippen LogP contribution in [-0.2, 0) is 20.0 Å². The van der Waals surface area contributed by atoms with Gasteiger partial charge in [-0.2, -0.15) is 0 Å². The van der Waals surface area contributed by atoms with E-state index in [0.717, 1.165) is 28.6 Å². The molecule has 3 nitrogen and oxygen atoms in total. The molecule has 0 radical (unpaired) electrons.